The van der Waals surface area contributed by atoms with Gasteiger partial charge in [-0.3, -0.25) is 19.3 Å². The van der Waals surface area contributed by atoms with E-state index in [1.807, 2.05) is 6.92 Å². The average molecular weight is 448 g/mol. The summed E-state index contributed by atoms with van der Waals surface area (Å²) in [5.41, 5.74) is 1.63. The summed E-state index contributed by atoms with van der Waals surface area (Å²) in [7, 11) is 0. The summed E-state index contributed by atoms with van der Waals surface area (Å²) in [6.45, 7) is 1.38. The Hall–Kier alpha value is -3.07. The van der Waals surface area contributed by atoms with Crippen molar-refractivity contribution in [1.82, 2.24) is 25.0 Å². The molecule has 162 valence electrons. The molecule has 1 fully saturated rings. The van der Waals surface area contributed by atoms with Gasteiger partial charge in [0.15, 0.2) is 0 Å². The maximum absolute atomic E-state index is 14.1. The van der Waals surface area contributed by atoms with E-state index in [9.17, 15) is 18.4 Å². The first kappa shape index (κ1) is 21.2. The lowest BCUT2D eigenvalue weighted by atomic mass is 10.1. The third-order valence-electron chi connectivity index (χ3n) is 5.38. The SMILES string of the molecule is Cc1nn(CC(=O)N2C[C@H](F)C[C@H]2C(=O)NCc2cccc(Cl)c2F)c2cnccc12. The number of benzene rings is 1. The normalized spacial score (nSPS) is 18.5. The quantitative estimate of drug-likeness (QED) is 0.652. The molecule has 3 aromatic rings. The molecule has 1 aliphatic rings. The van der Waals surface area contributed by atoms with Crippen molar-refractivity contribution in [3.8, 4) is 0 Å². The van der Waals surface area contributed by atoms with Crippen LogP contribution in [0.3, 0.4) is 0 Å². The first-order valence-corrected chi connectivity index (χ1v) is 10.1. The highest BCUT2D eigenvalue weighted by Crippen LogP contribution is 2.23. The van der Waals surface area contributed by atoms with Gasteiger partial charge < -0.3 is 10.2 Å². The first-order valence-electron chi connectivity index (χ1n) is 9.76. The Morgan fingerprint density at radius 3 is 2.94 bits per heavy atom. The molecule has 0 bridgehead atoms. The van der Waals surface area contributed by atoms with Crippen LogP contribution < -0.4 is 5.32 Å². The fraction of sp³-hybridized carbons (Fsp3) is 0.333. The molecule has 1 saturated heterocycles. The number of carbonyl (C=O) groups is 2. The van der Waals surface area contributed by atoms with Gasteiger partial charge >= 0.3 is 0 Å². The van der Waals surface area contributed by atoms with Gasteiger partial charge in [0.1, 0.15) is 24.6 Å². The summed E-state index contributed by atoms with van der Waals surface area (Å²) in [6, 6.07) is 5.30. The third-order valence-corrected chi connectivity index (χ3v) is 5.67. The molecule has 0 aliphatic carbocycles. The van der Waals surface area contributed by atoms with Crippen LogP contribution >= 0.6 is 11.6 Å². The molecule has 2 aromatic heterocycles. The highest BCUT2D eigenvalue weighted by Gasteiger charge is 2.39. The summed E-state index contributed by atoms with van der Waals surface area (Å²) in [4.78, 5) is 30.9. The molecule has 0 radical (unpaired) electrons. The van der Waals surface area contributed by atoms with Crippen LogP contribution in [0.5, 0.6) is 0 Å². The molecule has 0 spiro atoms. The Balaban J connectivity index is 1.47. The number of amides is 2. The van der Waals surface area contributed by atoms with E-state index in [4.69, 9.17) is 11.6 Å². The lowest BCUT2D eigenvalue weighted by Gasteiger charge is -2.23. The number of pyridine rings is 1. The van der Waals surface area contributed by atoms with E-state index in [0.29, 0.717) is 5.52 Å². The van der Waals surface area contributed by atoms with Crippen molar-refractivity contribution in [2.75, 3.05) is 6.54 Å². The molecule has 3 heterocycles. The van der Waals surface area contributed by atoms with Gasteiger partial charge in [0, 0.05) is 30.1 Å². The van der Waals surface area contributed by atoms with Crippen molar-refractivity contribution in [2.45, 2.75) is 38.6 Å². The molecule has 0 unspecified atom stereocenters. The highest BCUT2D eigenvalue weighted by atomic mass is 35.5. The second kappa shape index (κ2) is 8.58. The number of alkyl halides is 1. The van der Waals surface area contributed by atoms with Gasteiger partial charge in [-0.1, -0.05) is 23.7 Å². The molecular weight excluding hydrogens is 428 g/mol. The van der Waals surface area contributed by atoms with E-state index in [-0.39, 0.29) is 36.6 Å². The molecular formula is C21H20ClF2N5O2. The minimum absolute atomic E-state index is 0.0514. The van der Waals surface area contributed by atoms with E-state index in [2.05, 4.69) is 15.4 Å². The Morgan fingerprint density at radius 1 is 1.32 bits per heavy atom. The van der Waals surface area contributed by atoms with Crippen LogP contribution in [0.25, 0.3) is 10.9 Å². The number of aromatic nitrogens is 3. The largest absolute Gasteiger partial charge is 0.350 e. The number of aryl methyl sites for hydroxylation is 1. The van der Waals surface area contributed by atoms with Crippen molar-refractivity contribution in [3.05, 3.63) is 58.8 Å². The van der Waals surface area contributed by atoms with Gasteiger partial charge in [-0.25, -0.2) is 8.78 Å². The standard InChI is InChI=1S/C21H20ClF2N5O2/c1-12-15-5-6-25-9-18(15)29(27-12)11-19(30)28-10-14(23)7-17(28)21(31)26-8-13-3-2-4-16(22)20(13)24/h2-6,9,14,17H,7-8,10-11H2,1H3,(H,26,31)/t14-,17+/m1/s1. The minimum atomic E-state index is -1.32. The third kappa shape index (κ3) is 4.23. The second-order valence-corrected chi connectivity index (χ2v) is 7.87. The van der Waals surface area contributed by atoms with Crippen LogP contribution in [0.1, 0.15) is 17.7 Å². The van der Waals surface area contributed by atoms with Gasteiger partial charge in [0.05, 0.1) is 29.0 Å². The number of hydrogen-bond acceptors (Lipinski definition) is 4. The van der Waals surface area contributed by atoms with E-state index in [1.165, 1.54) is 21.7 Å². The van der Waals surface area contributed by atoms with Crippen molar-refractivity contribution < 1.29 is 18.4 Å². The van der Waals surface area contributed by atoms with Crippen LogP contribution in [0.2, 0.25) is 5.02 Å². The van der Waals surface area contributed by atoms with Crippen LogP contribution in [-0.2, 0) is 22.7 Å². The van der Waals surface area contributed by atoms with Crippen molar-refractivity contribution >= 4 is 34.3 Å². The highest BCUT2D eigenvalue weighted by molar-refractivity contribution is 6.30. The zero-order valence-electron chi connectivity index (χ0n) is 16.7. The van der Waals surface area contributed by atoms with Crippen molar-refractivity contribution in [2.24, 2.45) is 0 Å². The van der Waals surface area contributed by atoms with Crippen LogP contribution in [0.15, 0.2) is 36.7 Å². The smallest absolute Gasteiger partial charge is 0.245 e. The van der Waals surface area contributed by atoms with Gasteiger partial charge in [0.25, 0.3) is 0 Å². The predicted octanol–water partition coefficient (Wildman–Crippen LogP) is 2.79. The summed E-state index contributed by atoms with van der Waals surface area (Å²) in [5, 5.41) is 7.76. The first-order chi connectivity index (χ1) is 14.8. The van der Waals surface area contributed by atoms with Crippen LogP contribution in [0.4, 0.5) is 8.78 Å². The molecule has 2 atom stereocenters. The number of carbonyl (C=O) groups excluding carboxylic acids is 2. The Bertz CT molecular complexity index is 1150. The summed E-state index contributed by atoms with van der Waals surface area (Å²) in [5.74, 6) is -1.60. The zero-order valence-corrected chi connectivity index (χ0v) is 17.4. The van der Waals surface area contributed by atoms with Gasteiger partial charge in [-0.2, -0.15) is 5.10 Å². The molecule has 10 heteroatoms. The lowest BCUT2D eigenvalue weighted by molar-refractivity contribution is -0.139. The Morgan fingerprint density at radius 2 is 2.13 bits per heavy atom. The summed E-state index contributed by atoms with van der Waals surface area (Å²) >= 11 is 5.76. The molecule has 4 rings (SSSR count). The number of rotatable bonds is 5. The maximum Gasteiger partial charge on any atom is 0.245 e. The topological polar surface area (TPSA) is 80.1 Å². The number of hydrogen-bond donors (Lipinski definition) is 1. The Labute approximate surface area is 182 Å². The van der Waals surface area contributed by atoms with Crippen molar-refractivity contribution in [1.29, 1.82) is 0 Å². The monoisotopic (exact) mass is 447 g/mol. The Kier molecular flexibility index (Phi) is 5.86. The fourth-order valence-corrected chi connectivity index (χ4v) is 4.01. The maximum atomic E-state index is 14.1. The number of nitrogens with zero attached hydrogens (tertiary/aromatic N) is 4. The van der Waals surface area contributed by atoms with Gasteiger partial charge in [0.2, 0.25) is 11.8 Å². The minimum Gasteiger partial charge on any atom is -0.350 e. The van der Waals surface area contributed by atoms with Crippen LogP contribution in [-0.4, -0.2) is 50.2 Å². The van der Waals surface area contributed by atoms with Gasteiger partial charge in [-0.05, 0) is 19.1 Å². The number of nitrogens with one attached hydrogen (secondary N) is 1. The summed E-state index contributed by atoms with van der Waals surface area (Å²) in [6.07, 6.45) is 1.81. The molecule has 2 amide bonds. The lowest BCUT2D eigenvalue weighted by Crippen LogP contribution is -2.46. The molecule has 7 nitrogen and oxygen atoms in total. The fourth-order valence-electron chi connectivity index (χ4n) is 3.82. The van der Waals surface area contributed by atoms with E-state index >= 15 is 0 Å². The van der Waals surface area contributed by atoms with E-state index in [1.54, 1.807) is 24.5 Å². The predicted molar refractivity (Wildman–Crippen MR) is 111 cm³/mol. The second-order valence-electron chi connectivity index (χ2n) is 7.46. The zero-order chi connectivity index (χ0) is 22.1. The van der Waals surface area contributed by atoms with E-state index < -0.39 is 29.8 Å². The molecule has 0 saturated carbocycles. The molecule has 1 N–H and O–H groups in total. The number of halogens is 3. The van der Waals surface area contributed by atoms with Crippen molar-refractivity contribution in [3.63, 3.8) is 0 Å². The molecule has 1 aliphatic heterocycles. The molecule has 31 heavy (non-hydrogen) atoms. The summed E-state index contributed by atoms with van der Waals surface area (Å²) < 4.78 is 29.7. The van der Waals surface area contributed by atoms with Crippen LogP contribution in [0, 0.1) is 12.7 Å². The molecule has 1 aromatic carbocycles. The number of likely N-dealkylation sites (tertiary alicyclic amines) is 1. The number of fused-ring (bicyclic) bond motifs is 1. The van der Waals surface area contributed by atoms with E-state index in [0.717, 1.165) is 11.1 Å². The van der Waals surface area contributed by atoms with Gasteiger partial charge in [-0.15, -0.1) is 0 Å². The average Bonchev–Trinajstić information content (AvgIpc) is 3.29.